The second-order valence-corrected chi connectivity index (χ2v) is 12.1. The second-order valence-electron chi connectivity index (χ2n) is 9.18. The Morgan fingerprint density at radius 3 is 2.70 bits per heavy atom. The first-order chi connectivity index (χ1) is 18.4. The average molecular weight is 661 g/mol. The number of likely N-dealkylation sites (tertiary alicyclic amines) is 1. The number of carbonyl (C=O) groups excluding carboxylic acids is 1. The number of anilines is 2. The summed E-state index contributed by atoms with van der Waals surface area (Å²) in [5.41, 5.74) is 4.10. The number of benzene rings is 2. The molecule has 0 aliphatic carbocycles. The van der Waals surface area contributed by atoms with Gasteiger partial charge in [-0.2, -0.15) is 0 Å². The lowest BCUT2D eigenvalue weighted by atomic mass is 10.0. The van der Waals surface area contributed by atoms with Gasteiger partial charge in [-0.25, -0.2) is 9.97 Å². The van der Waals surface area contributed by atoms with Gasteiger partial charge in [-0.3, -0.25) is 9.69 Å². The number of halogens is 4. The molecule has 13 heteroatoms. The van der Waals surface area contributed by atoms with Crippen LogP contribution in [0.5, 0.6) is 0 Å². The second kappa shape index (κ2) is 15.3. The lowest BCUT2D eigenvalue weighted by molar-refractivity contribution is -0.119. The van der Waals surface area contributed by atoms with E-state index in [1.165, 1.54) is 11.8 Å². The summed E-state index contributed by atoms with van der Waals surface area (Å²) in [6.45, 7) is 2.70. The van der Waals surface area contributed by atoms with Crippen LogP contribution in [0.4, 0.5) is 11.6 Å². The van der Waals surface area contributed by atoms with Crippen LogP contribution < -0.4 is 10.2 Å². The quantitative estimate of drug-likeness (QED) is 0.183. The Balaban J connectivity index is 0.00000220. The molecule has 0 bridgehead atoms. The van der Waals surface area contributed by atoms with E-state index in [0.29, 0.717) is 15.8 Å². The number of imidazole rings is 1. The lowest BCUT2D eigenvalue weighted by Gasteiger charge is -2.32. The number of rotatable bonds is 9. The summed E-state index contributed by atoms with van der Waals surface area (Å²) < 4.78 is 0.886. The number of nitrogens with one attached hydrogen (secondary N) is 2. The summed E-state index contributed by atoms with van der Waals surface area (Å²) in [5.74, 6) is 1.19. The molecule has 3 heterocycles. The fourth-order valence-corrected chi connectivity index (χ4v) is 6.39. The molecule has 1 aliphatic rings. The molecule has 2 aromatic heterocycles. The van der Waals surface area contributed by atoms with Crippen LogP contribution in [-0.4, -0.2) is 57.7 Å². The van der Waals surface area contributed by atoms with E-state index in [-0.39, 0.29) is 36.8 Å². The summed E-state index contributed by atoms with van der Waals surface area (Å²) in [7, 11) is 1.97. The van der Waals surface area contributed by atoms with Gasteiger partial charge in [0.1, 0.15) is 0 Å². The molecule has 2 aromatic carbocycles. The van der Waals surface area contributed by atoms with E-state index in [2.05, 4.69) is 26.3 Å². The standard InChI is InChI=1S/C27H28Cl2N6OS2.2ClH/c1-34(26-30-9-10-31-26)21-4-2-3-19(14-21)24-16-37-27(33-24)38-17-25(36)32-20-7-11-35(12-8-20)15-18-5-6-22(28)23(29)13-18;;/h2-6,9-10,13-14,16,20H,7-8,11-12,15,17H2,1H3,(H,30,31)(H,32,36);2*1H. The Kier molecular flexibility index (Phi) is 12.4. The molecule has 1 amide bonds. The molecule has 214 valence electrons. The van der Waals surface area contributed by atoms with Crippen molar-refractivity contribution < 1.29 is 4.79 Å². The molecule has 1 aliphatic heterocycles. The highest BCUT2D eigenvalue weighted by Crippen LogP contribution is 2.31. The number of hydrogen-bond donors (Lipinski definition) is 2. The van der Waals surface area contributed by atoms with E-state index >= 15 is 0 Å². The molecule has 1 fully saturated rings. The van der Waals surface area contributed by atoms with E-state index in [4.69, 9.17) is 28.2 Å². The van der Waals surface area contributed by atoms with Crippen molar-refractivity contribution in [3.63, 3.8) is 0 Å². The van der Waals surface area contributed by atoms with Crippen LogP contribution in [0.25, 0.3) is 11.3 Å². The van der Waals surface area contributed by atoms with Crippen LogP contribution in [0.15, 0.2) is 64.6 Å². The molecule has 5 rings (SSSR count). The largest absolute Gasteiger partial charge is 0.353 e. The maximum atomic E-state index is 12.6. The van der Waals surface area contributed by atoms with E-state index in [0.717, 1.165) is 65.3 Å². The molecule has 0 radical (unpaired) electrons. The summed E-state index contributed by atoms with van der Waals surface area (Å²) >= 11 is 15.2. The van der Waals surface area contributed by atoms with Crippen molar-refractivity contribution >= 4 is 88.7 Å². The van der Waals surface area contributed by atoms with Gasteiger partial charge in [0.05, 0.1) is 21.5 Å². The Labute approximate surface area is 264 Å². The first-order valence-corrected chi connectivity index (χ1v) is 14.9. The van der Waals surface area contributed by atoms with Crippen molar-refractivity contribution in [2.24, 2.45) is 0 Å². The van der Waals surface area contributed by atoms with E-state index in [1.54, 1.807) is 23.7 Å². The van der Waals surface area contributed by atoms with Gasteiger partial charge in [-0.1, -0.05) is 53.2 Å². The van der Waals surface area contributed by atoms with Gasteiger partial charge in [0.2, 0.25) is 11.9 Å². The number of thiazole rings is 1. The molecular weight excluding hydrogens is 630 g/mol. The van der Waals surface area contributed by atoms with Gasteiger partial charge < -0.3 is 15.2 Å². The third-order valence-electron chi connectivity index (χ3n) is 6.48. The Hall–Kier alpha value is -1.98. The van der Waals surface area contributed by atoms with Crippen molar-refractivity contribution in [1.29, 1.82) is 0 Å². The summed E-state index contributed by atoms with van der Waals surface area (Å²) in [4.78, 5) is 29.2. The first kappa shape index (κ1) is 32.5. The molecule has 0 saturated carbocycles. The fraction of sp³-hybridized carbons (Fsp3) is 0.296. The Morgan fingerprint density at radius 1 is 1.18 bits per heavy atom. The summed E-state index contributed by atoms with van der Waals surface area (Å²) in [5, 5.41) is 6.40. The normalized spacial score (nSPS) is 13.8. The van der Waals surface area contributed by atoms with Crippen LogP contribution >= 0.6 is 71.1 Å². The maximum absolute atomic E-state index is 12.6. The number of carbonyl (C=O) groups is 1. The zero-order valence-corrected chi connectivity index (χ0v) is 26.5. The highest BCUT2D eigenvalue weighted by molar-refractivity contribution is 8.01. The number of aromatic nitrogens is 3. The first-order valence-electron chi connectivity index (χ1n) is 12.3. The van der Waals surface area contributed by atoms with Crippen molar-refractivity contribution in [3.05, 3.63) is 75.8 Å². The maximum Gasteiger partial charge on any atom is 0.230 e. The van der Waals surface area contributed by atoms with Gasteiger partial charge >= 0.3 is 0 Å². The van der Waals surface area contributed by atoms with Gasteiger partial charge in [-0.05, 0) is 42.7 Å². The predicted octanol–water partition coefficient (Wildman–Crippen LogP) is 7.32. The number of H-pyrrole nitrogens is 1. The third kappa shape index (κ3) is 8.52. The van der Waals surface area contributed by atoms with Crippen LogP contribution in [-0.2, 0) is 11.3 Å². The zero-order chi connectivity index (χ0) is 26.5. The van der Waals surface area contributed by atoms with Crippen molar-refractivity contribution in [3.8, 4) is 11.3 Å². The van der Waals surface area contributed by atoms with Crippen molar-refractivity contribution in [2.75, 3.05) is 30.8 Å². The molecule has 2 N–H and O–H groups in total. The van der Waals surface area contributed by atoms with E-state index < -0.39 is 0 Å². The monoisotopic (exact) mass is 658 g/mol. The van der Waals surface area contributed by atoms with Gasteiger partial charge in [0.15, 0.2) is 4.34 Å². The highest BCUT2D eigenvalue weighted by atomic mass is 35.5. The molecule has 40 heavy (non-hydrogen) atoms. The number of thioether (sulfide) groups is 1. The average Bonchev–Trinajstić information content (AvgIpc) is 3.63. The van der Waals surface area contributed by atoms with Crippen molar-refractivity contribution in [2.45, 2.75) is 29.8 Å². The molecular formula is C27H30Cl4N6OS2. The van der Waals surface area contributed by atoms with Gasteiger partial charge in [0, 0.05) is 61.7 Å². The number of hydrogen-bond acceptors (Lipinski definition) is 7. The van der Waals surface area contributed by atoms with Gasteiger partial charge in [-0.15, -0.1) is 36.2 Å². The van der Waals surface area contributed by atoms with E-state index in [1.807, 2.05) is 53.7 Å². The number of piperidine rings is 1. The topological polar surface area (TPSA) is 77.2 Å². The molecule has 1 saturated heterocycles. The van der Waals surface area contributed by atoms with E-state index in [9.17, 15) is 4.79 Å². The Morgan fingerprint density at radius 2 is 1.98 bits per heavy atom. The smallest absolute Gasteiger partial charge is 0.230 e. The van der Waals surface area contributed by atoms with Crippen LogP contribution in [0.3, 0.4) is 0 Å². The minimum atomic E-state index is 0. The molecule has 7 nitrogen and oxygen atoms in total. The Bertz CT molecular complexity index is 1380. The third-order valence-corrected chi connectivity index (χ3v) is 9.24. The minimum Gasteiger partial charge on any atom is -0.353 e. The summed E-state index contributed by atoms with van der Waals surface area (Å²) in [6.07, 6.45) is 5.40. The molecule has 0 atom stereocenters. The van der Waals surface area contributed by atoms with Crippen molar-refractivity contribution in [1.82, 2.24) is 25.2 Å². The molecule has 4 aromatic rings. The van der Waals surface area contributed by atoms with Crippen LogP contribution in [0, 0.1) is 0 Å². The molecule has 0 spiro atoms. The predicted molar refractivity (Wildman–Crippen MR) is 172 cm³/mol. The van der Waals surface area contributed by atoms with Crippen LogP contribution in [0.2, 0.25) is 10.0 Å². The fourth-order valence-electron chi connectivity index (χ4n) is 4.42. The van der Waals surface area contributed by atoms with Gasteiger partial charge in [0.25, 0.3) is 0 Å². The number of amides is 1. The zero-order valence-electron chi connectivity index (χ0n) is 21.7. The molecule has 0 unspecified atom stereocenters. The highest BCUT2D eigenvalue weighted by Gasteiger charge is 2.21. The SMILES string of the molecule is CN(c1cccc(-c2csc(SCC(=O)NC3CCN(Cc4ccc(Cl)c(Cl)c4)CC3)n2)c1)c1ncc[nH]1.Cl.Cl. The lowest BCUT2D eigenvalue weighted by Crippen LogP contribution is -2.44. The number of aromatic amines is 1. The number of nitrogens with zero attached hydrogens (tertiary/aromatic N) is 4. The minimum absolute atomic E-state index is 0. The summed E-state index contributed by atoms with van der Waals surface area (Å²) in [6, 6.07) is 14.2. The van der Waals surface area contributed by atoms with Crippen LogP contribution in [0.1, 0.15) is 18.4 Å².